The summed E-state index contributed by atoms with van der Waals surface area (Å²) in [6.07, 6.45) is 4.46. The summed E-state index contributed by atoms with van der Waals surface area (Å²) in [4.78, 5) is 6.12. The van der Waals surface area contributed by atoms with E-state index in [1.54, 1.807) is 12.1 Å². The quantitative estimate of drug-likeness (QED) is 0.653. The number of fused-ring (bicyclic) bond motifs is 1. The average Bonchev–Trinajstić information content (AvgIpc) is 3.20. The van der Waals surface area contributed by atoms with Crippen molar-refractivity contribution in [2.24, 2.45) is 0 Å². The second-order valence-electron chi connectivity index (χ2n) is 8.26. The Kier molecular flexibility index (Phi) is 5.25. The number of nitrogens with zero attached hydrogens (tertiary/aromatic N) is 1. The molecule has 0 radical (unpaired) electrons. The highest BCUT2D eigenvalue weighted by Crippen LogP contribution is 2.31. The highest BCUT2D eigenvalue weighted by atomic mass is 19.1. The molecule has 0 amide bonds. The molecule has 2 saturated heterocycles. The number of piperidine rings is 1. The smallest absolute Gasteiger partial charge is 0.126 e. The van der Waals surface area contributed by atoms with Crippen molar-refractivity contribution in [1.82, 2.24) is 9.88 Å². The minimum atomic E-state index is -0.196. The monoisotopic (exact) mass is 393 g/mol. The number of anilines is 1. The molecule has 3 aromatic rings. The number of aromatic amines is 1. The van der Waals surface area contributed by atoms with Crippen LogP contribution in [0.25, 0.3) is 22.2 Å². The molecule has 2 aliphatic rings. The summed E-state index contributed by atoms with van der Waals surface area (Å²) in [5.74, 6) is -0.196. The van der Waals surface area contributed by atoms with E-state index in [9.17, 15) is 4.39 Å². The van der Waals surface area contributed by atoms with E-state index in [1.165, 1.54) is 0 Å². The first-order valence-corrected chi connectivity index (χ1v) is 10.7. The summed E-state index contributed by atoms with van der Waals surface area (Å²) in [5.41, 5.74) is 3.98. The minimum Gasteiger partial charge on any atom is -0.381 e. The number of H-pyrrole nitrogens is 1. The molecule has 29 heavy (non-hydrogen) atoms. The molecule has 2 aliphatic heterocycles. The fourth-order valence-electron chi connectivity index (χ4n) is 4.77. The molecule has 4 nitrogen and oxygen atoms in total. The Hall–Kier alpha value is -2.37. The van der Waals surface area contributed by atoms with Crippen molar-refractivity contribution in [2.75, 3.05) is 31.6 Å². The molecule has 0 spiro atoms. The van der Waals surface area contributed by atoms with Gasteiger partial charge in [0.2, 0.25) is 0 Å². The van der Waals surface area contributed by atoms with Gasteiger partial charge in [-0.1, -0.05) is 30.3 Å². The molecule has 0 unspecified atom stereocenters. The number of halogens is 1. The lowest BCUT2D eigenvalue weighted by molar-refractivity contribution is 0.0262. The van der Waals surface area contributed by atoms with Crippen LogP contribution in [0.3, 0.4) is 0 Å². The summed E-state index contributed by atoms with van der Waals surface area (Å²) in [7, 11) is 0. The maximum absolute atomic E-state index is 14.3. The largest absolute Gasteiger partial charge is 0.381 e. The van der Waals surface area contributed by atoms with Crippen LogP contribution in [0.2, 0.25) is 0 Å². The lowest BCUT2D eigenvalue weighted by Crippen LogP contribution is -2.46. The number of nitrogens with one attached hydrogen (secondary N) is 2. The first kappa shape index (κ1) is 18.6. The lowest BCUT2D eigenvalue weighted by Gasteiger charge is -2.39. The summed E-state index contributed by atoms with van der Waals surface area (Å²) < 4.78 is 19.8. The summed E-state index contributed by atoms with van der Waals surface area (Å²) in [6.45, 7) is 3.98. The predicted molar refractivity (Wildman–Crippen MR) is 116 cm³/mol. The Balaban J connectivity index is 1.32. The van der Waals surface area contributed by atoms with Crippen molar-refractivity contribution in [3.05, 3.63) is 54.3 Å². The number of hydrogen-bond donors (Lipinski definition) is 2. The van der Waals surface area contributed by atoms with Gasteiger partial charge in [-0.25, -0.2) is 4.39 Å². The molecule has 1 aromatic heterocycles. The van der Waals surface area contributed by atoms with Crippen LogP contribution in [0.5, 0.6) is 0 Å². The van der Waals surface area contributed by atoms with Crippen molar-refractivity contribution in [1.29, 1.82) is 0 Å². The SMILES string of the molecule is Fc1cc(NC2CCN(C3CCOCC3)CC2)c2[nH]c(-c3ccccc3)cc2c1. The van der Waals surface area contributed by atoms with Crippen LogP contribution in [0.4, 0.5) is 10.1 Å². The Morgan fingerprint density at radius 1 is 0.966 bits per heavy atom. The van der Waals surface area contributed by atoms with Gasteiger partial charge in [-0.3, -0.25) is 0 Å². The lowest BCUT2D eigenvalue weighted by atomic mass is 9.99. The molecular weight excluding hydrogens is 365 g/mol. The van der Waals surface area contributed by atoms with Crippen molar-refractivity contribution in [3.63, 3.8) is 0 Å². The Bertz CT molecular complexity index is 957. The maximum atomic E-state index is 14.3. The zero-order valence-electron chi connectivity index (χ0n) is 16.7. The van der Waals surface area contributed by atoms with Crippen molar-refractivity contribution in [2.45, 2.75) is 37.8 Å². The third-order valence-electron chi connectivity index (χ3n) is 6.37. The van der Waals surface area contributed by atoms with Crippen LogP contribution < -0.4 is 5.32 Å². The van der Waals surface area contributed by atoms with Crippen LogP contribution >= 0.6 is 0 Å². The third kappa shape index (κ3) is 4.02. The fraction of sp³-hybridized carbons (Fsp3) is 0.417. The van der Waals surface area contributed by atoms with Crippen molar-refractivity contribution >= 4 is 16.6 Å². The zero-order chi connectivity index (χ0) is 19.6. The first-order valence-electron chi connectivity index (χ1n) is 10.7. The molecule has 0 aliphatic carbocycles. The highest BCUT2D eigenvalue weighted by Gasteiger charge is 2.26. The van der Waals surface area contributed by atoms with Crippen LogP contribution in [0.15, 0.2) is 48.5 Å². The number of ether oxygens (including phenoxy) is 1. The van der Waals surface area contributed by atoms with Gasteiger partial charge in [-0.2, -0.15) is 0 Å². The van der Waals surface area contributed by atoms with E-state index < -0.39 is 0 Å². The summed E-state index contributed by atoms with van der Waals surface area (Å²) >= 11 is 0. The Morgan fingerprint density at radius 2 is 1.72 bits per heavy atom. The van der Waals surface area contributed by atoms with E-state index in [1.807, 2.05) is 24.3 Å². The van der Waals surface area contributed by atoms with Crippen LogP contribution in [0, 0.1) is 5.82 Å². The molecule has 5 heteroatoms. The molecule has 2 aromatic carbocycles. The highest BCUT2D eigenvalue weighted by molar-refractivity contribution is 5.95. The number of aromatic nitrogens is 1. The van der Waals surface area contributed by atoms with Crippen LogP contribution in [0.1, 0.15) is 25.7 Å². The second kappa shape index (κ2) is 8.17. The van der Waals surface area contributed by atoms with Crippen LogP contribution in [-0.2, 0) is 4.74 Å². The molecule has 0 saturated carbocycles. The minimum absolute atomic E-state index is 0.196. The van der Waals surface area contributed by atoms with E-state index in [0.29, 0.717) is 12.1 Å². The molecule has 0 bridgehead atoms. The Morgan fingerprint density at radius 3 is 2.48 bits per heavy atom. The average molecular weight is 394 g/mol. The van der Waals surface area contributed by atoms with E-state index >= 15 is 0 Å². The number of hydrogen-bond acceptors (Lipinski definition) is 3. The van der Waals surface area contributed by atoms with Crippen LogP contribution in [-0.4, -0.2) is 48.3 Å². The van der Waals surface area contributed by atoms with Gasteiger partial charge in [-0.15, -0.1) is 0 Å². The normalized spacial score (nSPS) is 19.6. The summed E-state index contributed by atoms with van der Waals surface area (Å²) in [5, 5.41) is 4.54. The van der Waals surface area contributed by atoms with E-state index in [0.717, 1.165) is 79.8 Å². The van der Waals surface area contributed by atoms with Gasteiger partial charge in [0, 0.05) is 49.5 Å². The van der Waals surface area contributed by atoms with Gasteiger partial charge < -0.3 is 19.9 Å². The molecule has 0 atom stereocenters. The van der Waals surface area contributed by atoms with Gasteiger partial charge in [-0.05, 0) is 49.4 Å². The van der Waals surface area contributed by atoms with E-state index in [2.05, 4.69) is 27.3 Å². The number of likely N-dealkylation sites (tertiary alicyclic amines) is 1. The fourth-order valence-corrected chi connectivity index (χ4v) is 4.77. The second-order valence-corrected chi connectivity index (χ2v) is 8.26. The zero-order valence-corrected chi connectivity index (χ0v) is 16.7. The van der Waals surface area contributed by atoms with E-state index in [4.69, 9.17) is 4.74 Å². The molecule has 3 heterocycles. The molecule has 5 rings (SSSR count). The number of rotatable bonds is 4. The van der Waals surface area contributed by atoms with Gasteiger partial charge in [0.05, 0.1) is 11.2 Å². The maximum Gasteiger partial charge on any atom is 0.126 e. The van der Waals surface area contributed by atoms with Gasteiger partial charge >= 0.3 is 0 Å². The van der Waals surface area contributed by atoms with Crippen molar-refractivity contribution in [3.8, 4) is 11.3 Å². The number of benzene rings is 2. The molecule has 152 valence electrons. The van der Waals surface area contributed by atoms with Gasteiger partial charge in [0.15, 0.2) is 0 Å². The standard InChI is InChI=1S/C24H28FN3O/c25-19-14-18-15-22(17-4-2-1-3-5-17)27-24(18)23(16-19)26-20-6-10-28(11-7-20)21-8-12-29-13-9-21/h1-5,14-16,20-21,26-27H,6-13H2. The first-order chi connectivity index (χ1) is 14.3. The van der Waals surface area contributed by atoms with E-state index in [-0.39, 0.29) is 5.82 Å². The third-order valence-corrected chi connectivity index (χ3v) is 6.37. The topological polar surface area (TPSA) is 40.3 Å². The van der Waals surface area contributed by atoms with Crippen molar-refractivity contribution < 1.29 is 9.13 Å². The summed E-state index contributed by atoms with van der Waals surface area (Å²) in [6, 6.07) is 16.5. The Labute approximate surface area is 171 Å². The van der Waals surface area contributed by atoms with Gasteiger partial charge in [0.25, 0.3) is 0 Å². The predicted octanol–water partition coefficient (Wildman–Crippen LogP) is 5.03. The molecular formula is C24H28FN3O. The van der Waals surface area contributed by atoms with Gasteiger partial charge in [0.1, 0.15) is 5.82 Å². The molecule has 2 fully saturated rings. The molecule has 2 N–H and O–H groups in total.